The summed E-state index contributed by atoms with van der Waals surface area (Å²) in [5.41, 5.74) is 5.86. The number of aliphatic hydroxyl groups is 1. The molecule has 0 radical (unpaired) electrons. The first kappa shape index (κ1) is 13.2. The van der Waals surface area contributed by atoms with Crippen LogP contribution in [0, 0.1) is 10.1 Å². The Bertz CT molecular complexity index is 383. The molecule has 17 heavy (non-hydrogen) atoms. The Morgan fingerprint density at radius 1 is 1.35 bits per heavy atom. The summed E-state index contributed by atoms with van der Waals surface area (Å²) in [4.78, 5) is 10.0. The van der Waals surface area contributed by atoms with Crippen LogP contribution in [0.5, 0.6) is 5.75 Å². The van der Waals surface area contributed by atoms with Gasteiger partial charge >= 0.3 is 0 Å². The summed E-state index contributed by atoms with van der Waals surface area (Å²) in [5.74, 6) is 0.256. The zero-order valence-corrected chi connectivity index (χ0v) is 9.17. The fraction of sp³-hybridized carbons (Fsp3) is 0.400. The fourth-order valence-electron chi connectivity index (χ4n) is 1.14. The highest BCUT2D eigenvalue weighted by molar-refractivity contribution is 5.57. The van der Waals surface area contributed by atoms with E-state index in [0.29, 0.717) is 5.69 Å². The summed E-state index contributed by atoms with van der Waals surface area (Å²) >= 11 is 0. The largest absolute Gasteiger partial charge is 0.489 e. The van der Waals surface area contributed by atoms with Crippen LogP contribution in [0.2, 0.25) is 0 Å². The maximum Gasteiger partial charge on any atom is 0.273 e. The van der Waals surface area contributed by atoms with E-state index in [1.807, 2.05) is 0 Å². The van der Waals surface area contributed by atoms with E-state index in [4.69, 9.17) is 20.3 Å². The molecule has 0 saturated carbocycles. The van der Waals surface area contributed by atoms with Gasteiger partial charge in [0.2, 0.25) is 0 Å². The minimum absolute atomic E-state index is 0.0566. The van der Waals surface area contributed by atoms with Gasteiger partial charge in [-0.1, -0.05) is 0 Å². The molecule has 0 saturated heterocycles. The van der Waals surface area contributed by atoms with E-state index >= 15 is 0 Å². The molecule has 1 aromatic rings. The van der Waals surface area contributed by atoms with E-state index < -0.39 is 4.92 Å². The monoisotopic (exact) mass is 242 g/mol. The molecule has 0 fully saturated rings. The first-order chi connectivity index (χ1) is 8.15. The Morgan fingerprint density at radius 2 is 2.12 bits per heavy atom. The van der Waals surface area contributed by atoms with Crippen molar-refractivity contribution in [2.45, 2.75) is 0 Å². The average molecular weight is 242 g/mol. The number of nitro benzene ring substituents is 1. The number of nitro groups is 1. The van der Waals surface area contributed by atoms with Gasteiger partial charge in [0, 0.05) is 6.07 Å². The SMILES string of the molecule is Nc1ccc([N+](=O)[O-])cc1OCCOCCO. The molecule has 0 aliphatic rings. The molecule has 94 valence electrons. The van der Waals surface area contributed by atoms with Gasteiger partial charge in [-0.15, -0.1) is 0 Å². The van der Waals surface area contributed by atoms with Crippen LogP contribution in [0.1, 0.15) is 0 Å². The van der Waals surface area contributed by atoms with Crippen LogP contribution in [0.15, 0.2) is 18.2 Å². The van der Waals surface area contributed by atoms with Crippen LogP contribution in [0.4, 0.5) is 11.4 Å². The molecular weight excluding hydrogens is 228 g/mol. The number of hydrogen-bond acceptors (Lipinski definition) is 6. The van der Waals surface area contributed by atoms with Gasteiger partial charge in [0.15, 0.2) is 0 Å². The molecule has 7 nitrogen and oxygen atoms in total. The number of nitrogens with two attached hydrogens (primary N) is 1. The van der Waals surface area contributed by atoms with E-state index in [9.17, 15) is 10.1 Å². The Hall–Kier alpha value is -1.86. The number of non-ortho nitro benzene ring substituents is 1. The molecule has 7 heteroatoms. The van der Waals surface area contributed by atoms with Crippen LogP contribution >= 0.6 is 0 Å². The highest BCUT2D eigenvalue weighted by Gasteiger charge is 2.09. The maximum atomic E-state index is 10.5. The predicted molar refractivity (Wildman–Crippen MR) is 60.9 cm³/mol. The Morgan fingerprint density at radius 3 is 2.76 bits per heavy atom. The number of ether oxygens (including phenoxy) is 2. The van der Waals surface area contributed by atoms with Crippen molar-refractivity contribution in [3.63, 3.8) is 0 Å². The van der Waals surface area contributed by atoms with E-state index in [1.165, 1.54) is 18.2 Å². The lowest BCUT2D eigenvalue weighted by molar-refractivity contribution is -0.384. The predicted octanol–water partition coefficient (Wildman–Crippen LogP) is 0.565. The molecule has 0 heterocycles. The van der Waals surface area contributed by atoms with Crippen molar-refractivity contribution < 1.29 is 19.5 Å². The molecule has 0 atom stereocenters. The third-order valence-electron chi connectivity index (χ3n) is 1.93. The molecule has 1 aromatic carbocycles. The summed E-state index contributed by atoms with van der Waals surface area (Å²) < 4.78 is 10.2. The van der Waals surface area contributed by atoms with Crippen LogP contribution in [0.25, 0.3) is 0 Å². The van der Waals surface area contributed by atoms with Crippen molar-refractivity contribution in [1.82, 2.24) is 0 Å². The first-order valence-corrected chi connectivity index (χ1v) is 5.00. The molecule has 0 bridgehead atoms. The number of nitrogens with zero attached hydrogens (tertiary/aromatic N) is 1. The van der Waals surface area contributed by atoms with Crippen molar-refractivity contribution in [3.8, 4) is 5.75 Å². The van der Waals surface area contributed by atoms with Crippen molar-refractivity contribution in [3.05, 3.63) is 28.3 Å². The van der Waals surface area contributed by atoms with Gasteiger partial charge < -0.3 is 20.3 Å². The third kappa shape index (κ3) is 4.25. The number of nitrogen functional groups attached to an aromatic ring is 1. The second-order valence-electron chi connectivity index (χ2n) is 3.16. The number of hydrogen-bond donors (Lipinski definition) is 2. The van der Waals surface area contributed by atoms with Crippen molar-refractivity contribution in [2.75, 3.05) is 32.2 Å². The molecular formula is C10H14N2O5. The minimum atomic E-state index is -0.519. The quantitative estimate of drug-likeness (QED) is 0.313. The Labute approximate surface area is 97.9 Å². The zero-order valence-electron chi connectivity index (χ0n) is 9.17. The normalized spacial score (nSPS) is 10.2. The number of aliphatic hydroxyl groups excluding tert-OH is 1. The van der Waals surface area contributed by atoms with Gasteiger partial charge in [-0.2, -0.15) is 0 Å². The van der Waals surface area contributed by atoms with E-state index in [-0.39, 0.29) is 37.9 Å². The molecule has 0 aliphatic heterocycles. The third-order valence-corrected chi connectivity index (χ3v) is 1.93. The van der Waals surface area contributed by atoms with Gasteiger partial charge in [0.1, 0.15) is 12.4 Å². The zero-order chi connectivity index (χ0) is 12.7. The van der Waals surface area contributed by atoms with Gasteiger partial charge in [0.25, 0.3) is 5.69 Å². The second kappa shape index (κ2) is 6.66. The lowest BCUT2D eigenvalue weighted by Crippen LogP contribution is -2.10. The average Bonchev–Trinajstić information content (AvgIpc) is 2.30. The smallest absolute Gasteiger partial charge is 0.273 e. The van der Waals surface area contributed by atoms with E-state index in [1.54, 1.807) is 0 Å². The number of rotatable bonds is 7. The van der Waals surface area contributed by atoms with Crippen LogP contribution in [-0.2, 0) is 4.74 Å². The summed E-state index contributed by atoms with van der Waals surface area (Å²) in [6.07, 6.45) is 0. The molecule has 0 aromatic heterocycles. The Kier molecular flexibility index (Phi) is 5.18. The molecule has 0 unspecified atom stereocenters. The summed E-state index contributed by atoms with van der Waals surface area (Å²) in [6, 6.07) is 3.99. The van der Waals surface area contributed by atoms with Gasteiger partial charge in [-0.25, -0.2) is 0 Å². The van der Waals surface area contributed by atoms with Crippen LogP contribution in [0.3, 0.4) is 0 Å². The standard InChI is InChI=1S/C10H14N2O5/c11-9-2-1-8(12(14)15)7-10(9)17-6-5-16-4-3-13/h1-2,7,13H,3-6,11H2. The minimum Gasteiger partial charge on any atom is -0.489 e. The highest BCUT2D eigenvalue weighted by atomic mass is 16.6. The lowest BCUT2D eigenvalue weighted by Gasteiger charge is -2.08. The highest BCUT2D eigenvalue weighted by Crippen LogP contribution is 2.26. The number of anilines is 1. The Balaban J connectivity index is 2.51. The van der Waals surface area contributed by atoms with Crippen LogP contribution in [-0.4, -0.2) is 36.5 Å². The molecule has 3 N–H and O–H groups in total. The summed E-state index contributed by atoms with van der Waals surface area (Å²) in [5, 5.41) is 19.0. The number of benzene rings is 1. The van der Waals surface area contributed by atoms with Gasteiger partial charge in [-0.3, -0.25) is 10.1 Å². The van der Waals surface area contributed by atoms with Crippen LogP contribution < -0.4 is 10.5 Å². The second-order valence-corrected chi connectivity index (χ2v) is 3.16. The topological polar surface area (TPSA) is 108 Å². The van der Waals surface area contributed by atoms with Crippen molar-refractivity contribution in [1.29, 1.82) is 0 Å². The fourth-order valence-corrected chi connectivity index (χ4v) is 1.14. The summed E-state index contributed by atoms with van der Waals surface area (Å²) in [6.45, 7) is 0.667. The first-order valence-electron chi connectivity index (χ1n) is 5.00. The van der Waals surface area contributed by atoms with Gasteiger partial charge in [0.05, 0.1) is 36.5 Å². The van der Waals surface area contributed by atoms with Crippen molar-refractivity contribution in [2.24, 2.45) is 0 Å². The molecule has 1 rings (SSSR count). The lowest BCUT2D eigenvalue weighted by atomic mass is 10.2. The van der Waals surface area contributed by atoms with E-state index in [0.717, 1.165) is 0 Å². The van der Waals surface area contributed by atoms with Gasteiger partial charge in [-0.05, 0) is 6.07 Å². The molecule has 0 spiro atoms. The maximum absolute atomic E-state index is 10.5. The molecule has 0 amide bonds. The summed E-state index contributed by atoms with van der Waals surface area (Å²) in [7, 11) is 0. The van der Waals surface area contributed by atoms with E-state index in [2.05, 4.69) is 0 Å². The van der Waals surface area contributed by atoms with Crippen molar-refractivity contribution >= 4 is 11.4 Å². The molecule has 0 aliphatic carbocycles.